The number of imidazole rings is 1. The van der Waals surface area contributed by atoms with Gasteiger partial charge in [-0.05, 0) is 38.8 Å². The van der Waals surface area contributed by atoms with E-state index in [1.54, 1.807) is 6.33 Å². The van der Waals surface area contributed by atoms with E-state index in [4.69, 9.17) is 9.26 Å². The molecule has 7 heteroatoms. The molecule has 1 fully saturated rings. The van der Waals surface area contributed by atoms with Crippen molar-refractivity contribution in [2.24, 2.45) is 12.5 Å². The van der Waals surface area contributed by atoms with Gasteiger partial charge in [0, 0.05) is 44.4 Å². The topological polar surface area (TPSA) is 73.4 Å². The van der Waals surface area contributed by atoms with Crippen LogP contribution in [0.25, 0.3) is 11.3 Å². The molecule has 1 unspecified atom stereocenters. The Morgan fingerprint density at radius 2 is 2.16 bits per heavy atom. The van der Waals surface area contributed by atoms with Crippen molar-refractivity contribution in [1.82, 2.24) is 19.6 Å². The molecule has 3 aromatic rings. The Morgan fingerprint density at radius 3 is 2.90 bits per heavy atom. The van der Waals surface area contributed by atoms with Crippen LogP contribution in [-0.4, -0.2) is 45.3 Å². The number of esters is 1. The lowest BCUT2D eigenvalue weighted by molar-refractivity contribution is -0.159. The summed E-state index contributed by atoms with van der Waals surface area (Å²) < 4.78 is 13.2. The van der Waals surface area contributed by atoms with Crippen molar-refractivity contribution in [2.45, 2.75) is 39.7 Å². The summed E-state index contributed by atoms with van der Waals surface area (Å²) in [6.45, 7) is 6.60. The summed E-state index contributed by atoms with van der Waals surface area (Å²) in [4.78, 5) is 19.7. The van der Waals surface area contributed by atoms with Gasteiger partial charge in [-0.2, -0.15) is 0 Å². The first-order valence-electron chi connectivity index (χ1n) is 10.9. The summed E-state index contributed by atoms with van der Waals surface area (Å²) in [6, 6.07) is 10.1. The van der Waals surface area contributed by atoms with Crippen molar-refractivity contribution in [3.8, 4) is 11.3 Å². The number of piperidine rings is 1. The van der Waals surface area contributed by atoms with Gasteiger partial charge in [-0.1, -0.05) is 29.4 Å². The van der Waals surface area contributed by atoms with Gasteiger partial charge in [-0.15, -0.1) is 0 Å². The van der Waals surface area contributed by atoms with E-state index in [1.165, 1.54) is 0 Å². The third-order valence-corrected chi connectivity index (χ3v) is 6.16. The first-order chi connectivity index (χ1) is 15.0. The highest BCUT2D eigenvalue weighted by Gasteiger charge is 2.44. The van der Waals surface area contributed by atoms with Crippen molar-refractivity contribution in [2.75, 3.05) is 19.7 Å². The molecule has 1 atom stereocenters. The normalized spacial score (nSPS) is 19.5. The standard InChI is InChI=1S/C24H30N4O3/c1-4-30-23(29)24(10-7-11-28(16-24)15-19-14-25-17-27(19)3)13-20-12-22(26-31-20)21-9-6-5-8-18(21)2/h5-6,8-9,12,14,17H,4,7,10-11,13,15-16H2,1-3H3. The molecular weight excluding hydrogens is 392 g/mol. The van der Waals surface area contributed by atoms with Crippen LogP contribution in [-0.2, 0) is 29.5 Å². The minimum atomic E-state index is -0.643. The van der Waals surface area contributed by atoms with E-state index in [0.29, 0.717) is 25.3 Å². The van der Waals surface area contributed by atoms with Gasteiger partial charge in [0.25, 0.3) is 0 Å². The monoisotopic (exact) mass is 422 g/mol. The second-order valence-corrected chi connectivity index (χ2v) is 8.48. The van der Waals surface area contributed by atoms with Crippen LogP contribution in [0.3, 0.4) is 0 Å². The fraction of sp³-hybridized carbons (Fsp3) is 0.458. The zero-order valence-corrected chi connectivity index (χ0v) is 18.5. The molecule has 3 heterocycles. The number of hydrogen-bond acceptors (Lipinski definition) is 6. The van der Waals surface area contributed by atoms with Crippen LogP contribution in [0.2, 0.25) is 0 Å². The SMILES string of the molecule is CCOC(=O)C1(Cc2cc(-c3ccccc3C)no2)CCCN(Cc2cncn2C)C1. The number of rotatable bonds is 7. The minimum absolute atomic E-state index is 0.154. The second kappa shape index (κ2) is 9.06. The highest BCUT2D eigenvalue weighted by atomic mass is 16.5. The molecule has 0 amide bonds. The van der Waals surface area contributed by atoms with Crippen LogP contribution >= 0.6 is 0 Å². The predicted molar refractivity (Wildman–Crippen MR) is 117 cm³/mol. The summed E-state index contributed by atoms with van der Waals surface area (Å²) in [6.07, 6.45) is 5.86. The van der Waals surface area contributed by atoms with E-state index in [0.717, 1.165) is 48.4 Å². The van der Waals surface area contributed by atoms with E-state index in [1.807, 2.05) is 49.0 Å². The third kappa shape index (κ3) is 4.56. The number of carbonyl (C=O) groups excluding carboxylic acids is 1. The van der Waals surface area contributed by atoms with Crippen molar-refractivity contribution < 1.29 is 14.1 Å². The Labute approximate surface area is 183 Å². The number of aryl methyl sites for hydroxylation is 2. The maximum atomic E-state index is 13.1. The molecule has 0 radical (unpaired) electrons. The van der Waals surface area contributed by atoms with Crippen molar-refractivity contribution in [3.63, 3.8) is 0 Å². The van der Waals surface area contributed by atoms with Crippen LogP contribution in [0, 0.1) is 12.3 Å². The van der Waals surface area contributed by atoms with Gasteiger partial charge in [0.15, 0.2) is 0 Å². The van der Waals surface area contributed by atoms with Crippen molar-refractivity contribution in [3.05, 3.63) is 59.9 Å². The highest BCUT2D eigenvalue weighted by molar-refractivity contribution is 5.78. The number of benzene rings is 1. The number of nitrogens with zero attached hydrogens (tertiary/aromatic N) is 4. The number of carbonyl (C=O) groups is 1. The second-order valence-electron chi connectivity index (χ2n) is 8.48. The van der Waals surface area contributed by atoms with Gasteiger partial charge in [0.1, 0.15) is 11.5 Å². The van der Waals surface area contributed by atoms with Gasteiger partial charge < -0.3 is 13.8 Å². The smallest absolute Gasteiger partial charge is 0.313 e. The summed E-state index contributed by atoms with van der Waals surface area (Å²) >= 11 is 0. The van der Waals surface area contributed by atoms with Gasteiger partial charge in [-0.3, -0.25) is 9.69 Å². The van der Waals surface area contributed by atoms with Gasteiger partial charge >= 0.3 is 5.97 Å². The van der Waals surface area contributed by atoms with E-state index in [-0.39, 0.29) is 5.97 Å². The number of hydrogen-bond donors (Lipinski definition) is 0. The molecule has 1 saturated heterocycles. The lowest BCUT2D eigenvalue weighted by Crippen LogP contribution is -2.49. The molecule has 2 aromatic heterocycles. The van der Waals surface area contributed by atoms with E-state index < -0.39 is 5.41 Å². The lowest BCUT2D eigenvalue weighted by Gasteiger charge is -2.40. The molecule has 0 N–H and O–H groups in total. The molecule has 4 rings (SSSR count). The molecular formula is C24H30N4O3. The predicted octanol–water partition coefficient (Wildman–Crippen LogP) is 3.77. The van der Waals surface area contributed by atoms with E-state index in [2.05, 4.69) is 28.0 Å². The molecule has 0 bridgehead atoms. The molecule has 164 valence electrons. The molecule has 0 aliphatic carbocycles. The maximum Gasteiger partial charge on any atom is 0.313 e. The number of likely N-dealkylation sites (tertiary alicyclic amines) is 1. The Hall–Kier alpha value is -2.93. The maximum absolute atomic E-state index is 13.1. The zero-order chi connectivity index (χ0) is 21.8. The Bertz CT molecular complexity index is 1040. The Balaban J connectivity index is 1.57. The van der Waals surface area contributed by atoms with Crippen LogP contribution in [0.5, 0.6) is 0 Å². The first kappa shape index (κ1) is 21.3. The molecule has 31 heavy (non-hydrogen) atoms. The van der Waals surface area contributed by atoms with Gasteiger partial charge in [-0.25, -0.2) is 4.98 Å². The number of aromatic nitrogens is 3. The molecule has 1 aromatic carbocycles. The van der Waals surface area contributed by atoms with Gasteiger partial charge in [0.2, 0.25) is 0 Å². The summed E-state index contributed by atoms with van der Waals surface area (Å²) in [5.41, 5.74) is 3.47. The average molecular weight is 423 g/mol. The average Bonchev–Trinajstić information content (AvgIpc) is 3.38. The summed E-state index contributed by atoms with van der Waals surface area (Å²) in [7, 11) is 1.99. The van der Waals surface area contributed by atoms with Crippen LogP contribution in [0.4, 0.5) is 0 Å². The minimum Gasteiger partial charge on any atom is -0.466 e. The third-order valence-electron chi connectivity index (χ3n) is 6.16. The molecule has 0 spiro atoms. The molecule has 1 aliphatic rings. The number of ether oxygens (including phenoxy) is 1. The van der Waals surface area contributed by atoms with Crippen LogP contribution in [0.1, 0.15) is 36.8 Å². The largest absolute Gasteiger partial charge is 0.466 e. The van der Waals surface area contributed by atoms with E-state index >= 15 is 0 Å². The molecule has 1 aliphatic heterocycles. The van der Waals surface area contributed by atoms with Crippen LogP contribution < -0.4 is 0 Å². The summed E-state index contributed by atoms with van der Waals surface area (Å²) in [5, 5.41) is 4.29. The van der Waals surface area contributed by atoms with Crippen LogP contribution in [0.15, 0.2) is 47.4 Å². The molecule has 0 saturated carbocycles. The summed E-state index contributed by atoms with van der Waals surface area (Å²) in [5.74, 6) is 0.562. The lowest BCUT2D eigenvalue weighted by atomic mass is 9.76. The zero-order valence-electron chi connectivity index (χ0n) is 18.5. The highest BCUT2D eigenvalue weighted by Crippen LogP contribution is 2.37. The quantitative estimate of drug-likeness (QED) is 0.540. The fourth-order valence-electron chi connectivity index (χ4n) is 4.51. The molecule has 7 nitrogen and oxygen atoms in total. The van der Waals surface area contributed by atoms with Crippen molar-refractivity contribution >= 4 is 5.97 Å². The fourth-order valence-corrected chi connectivity index (χ4v) is 4.51. The van der Waals surface area contributed by atoms with Crippen molar-refractivity contribution in [1.29, 1.82) is 0 Å². The van der Waals surface area contributed by atoms with Gasteiger partial charge in [0.05, 0.1) is 24.0 Å². The Kier molecular flexibility index (Phi) is 6.23. The Morgan fingerprint density at radius 1 is 1.32 bits per heavy atom. The first-order valence-corrected chi connectivity index (χ1v) is 10.9. The van der Waals surface area contributed by atoms with E-state index in [9.17, 15) is 4.79 Å².